The summed E-state index contributed by atoms with van der Waals surface area (Å²) < 4.78 is 32.9. The van der Waals surface area contributed by atoms with E-state index in [1.54, 1.807) is 31.4 Å². The average Bonchev–Trinajstić information content (AvgIpc) is 2.50. The van der Waals surface area contributed by atoms with E-state index in [1.165, 1.54) is 5.56 Å². The number of rotatable bonds is 5. The summed E-state index contributed by atoms with van der Waals surface area (Å²) in [7, 11) is -2.03. The van der Waals surface area contributed by atoms with Gasteiger partial charge in [-0.2, -0.15) is 0 Å². The van der Waals surface area contributed by atoms with Crippen molar-refractivity contribution in [1.29, 1.82) is 0 Å². The zero-order chi connectivity index (χ0) is 17.2. The molecule has 0 saturated heterocycles. The summed E-state index contributed by atoms with van der Waals surface area (Å²) in [5, 5.41) is 0. The summed E-state index contributed by atoms with van der Waals surface area (Å²) >= 11 is 0. The van der Waals surface area contributed by atoms with Crippen LogP contribution in [0.15, 0.2) is 41.3 Å². The van der Waals surface area contributed by atoms with Crippen LogP contribution in [0.1, 0.15) is 35.2 Å². The fraction of sp³-hybridized carbons (Fsp3) is 0.333. The fourth-order valence-corrected chi connectivity index (χ4v) is 3.79. The van der Waals surface area contributed by atoms with Crippen molar-refractivity contribution in [3.8, 4) is 5.75 Å². The van der Waals surface area contributed by atoms with Gasteiger partial charge in [0.2, 0.25) is 10.0 Å². The van der Waals surface area contributed by atoms with Gasteiger partial charge in [0.05, 0.1) is 12.0 Å². The average molecular weight is 333 g/mol. The molecule has 0 aromatic heterocycles. The van der Waals surface area contributed by atoms with Crippen LogP contribution < -0.4 is 9.46 Å². The Balaban J connectivity index is 2.27. The first kappa shape index (κ1) is 17.5. The van der Waals surface area contributed by atoms with Crippen LogP contribution in [-0.2, 0) is 10.0 Å². The van der Waals surface area contributed by atoms with E-state index >= 15 is 0 Å². The molecular weight excluding hydrogens is 310 g/mol. The maximum absolute atomic E-state index is 12.5. The number of hydrogen-bond acceptors (Lipinski definition) is 3. The van der Waals surface area contributed by atoms with E-state index in [1.807, 2.05) is 26.8 Å². The van der Waals surface area contributed by atoms with Crippen LogP contribution in [0.2, 0.25) is 0 Å². The summed E-state index contributed by atoms with van der Waals surface area (Å²) in [6, 6.07) is 10.2. The molecule has 4 nitrogen and oxygen atoms in total. The zero-order valence-electron chi connectivity index (χ0n) is 14.2. The van der Waals surface area contributed by atoms with Gasteiger partial charge in [-0.25, -0.2) is 13.1 Å². The van der Waals surface area contributed by atoms with Crippen molar-refractivity contribution in [2.45, 2.75) is 38.6 Å². The van der Waals surface area contributed by atoms with Crippen molar-refractivity contribution in [2.75, 3.05) is 7.11 Å². The van der Waals surface area contributed by atoms with E-state index in [0.717, 1.165) is 16.7 Å². The largest absolute Gasteiger partial charge is 0.497 e. The van der Waals surface area contributed by atoms with Gasteiger partial charge in [-0.1, -0.05) is 12.1 Å². The molecule has 0 fully saturated rings. The zero-order valence-corrected chi connectivity index (χ0v) is 15.0. The molecule has 0 aliphatic carbocycles. The minimum absolute atomic E-state index is 0.228. The second-order valence-electron chi connectivity index (χ2n) is 5.81. The summed E-state index contributed by atoms with van der Waals surface area (Å²) in [4.78, 5) is 0.228. The molecule has 0 radical (unpaired) electrons. The molecule has 2 aromatic carbocycles. The van der Waals surface area contributed by atoms with Gasteiger partial charge in [0.25, 0.3) is 0 Å². The third-order valence-corrected chi connectivity index (χ3v) is 5.61. The molecule has 1 unspecified atom stereocenters. The Morgan fingerprint density at radius 1 is 0.957 bits per heavy atom. The van der Waals surface area contributed by atoms with Gasteiger partial charge in [0.1, 0.15) is 5.75 Å². The molecule has 23 heavy (non-hydrogen) atoms. The van der Waals surface area contributed by atoms with Gasteiger partial charge in [-0.05, 0) is 74.2 Å². The maximum Gasteiger partial charge on any atom is 0.241 e. The first-order valence-electron chi connectivity index (χ1n) is 7.48. The summed E-state index contributed by atoms with van der Waals surface area (Å²) in [6.07, 6.45) is 0. The van der Waals surface area contributed by atoms with Gasteiger partial charge in [-0.15, -0.1) is 0 Å². The number of hydrogen-bond donors (Lipinski definition) is 1. The van der Waals surface area contributed by atoms with Crippen molar-refractivity contribution in [1.82, 2.24) is 4.72 Å². The second kappa shape index (κ2) is 6.72. The molecule has 0 aliphatic rings. The smallest absolute Gasteiger partial charge is 0.241 e. The van der Waals surface area contributed by atoms with E-state index in [4.69, 9.17) is 4.74 Å². The number of methoxy groups -OCH3 is 1. The molecule has 2 rings (SSSR count). The van der Waals surface area contributed by atoms with Crippen molar-refractivity contribution in [2.24, 2.45) is 0 Å². The number of sulfonamides is 1. The van der Waals surface area contributed by atoms with Crippen LogP contribution in [0.4, 0.5) is 0 Å². The third-order valence-electron chi connectivity index (χ3n) is 4.05. The lowest BCUT2D eigenvalue weighted by Gasteiger charge is -2.18. The molecule has 124 valence electrons. The number of nitrogens with one attached hydrogen (secondary N) is 1. The molecule has 0 bridgehead atoms. The quantitative estimate of drug-likeness (QED) is 0.908. The maximum atomic E-state index is 12.5. The van der Waals surface area contributed by atoms with Gasteiger partial charge in [0, 0.05) is 6.04 Å². The highest BCUT2D eigenvalue weighted by molar-refractivity contribution is 7.89. The normalized spacial score (nSPS) is 12.9. The Morgan fingerprint density at radius 2 is 1.52 bits per heavy atom. The highest BCUT2D eigenvalue weighted by Gasteiger charge is 2.19. The predicted molar refractivity (Wildman–Crippen MR) is 92.4 cm³/mol. The van der Waals surface area contributed by atoms with Crippen LogP contribution in [0.5, 0.6) is 5.75 Å². The van der Waals surface area contributed by atoms with Gasteiger partial charge >= 0.3 is 0 Å². The first-order chi connectivity index (χ1) is 10.7. The van der Waals surface area contributed by atoms with Crippen molar-refractivity contribution < 1.29 is 13.2 Å². The molecule has 5 heteroatoms. The van der Waals surface area contributed by atoms with E-state index in [0.29, 0.717) is 5.75 Å². The van der Waals surface area contributed by atoms with Crippen LogP contribution in [0.25, 0.3) is 0 Å². The molecule has 0 heterocycles. The Kier molecular flexibility index (Phi) is 5.12. The second-order valence-corrected chi connectivity index (χ2v) is 7.53. The van der Waals surface area contributed by atoms with Gasteiger partial charge in [-0.3, -0.25) is 0 Å². The highest BCUT2D eigenvalue weighted by atomic mass is 32.2. The predicted octanol–water partition coefficient (Wildman–Crippen LogP) is 3.66. The van der Waals surface area contributed by atoms with Crippen molar-refractivity contribution >= 4 is 10.0 Å². The topological polar surface area (TPSA) is 55.4 Å². The molecule has 0 spiro atoms. The van der Waals surface area contributed by atoms with Crippen LogP contribution in [0.3, 0.4) is 0 Å². The van der Waals surface area contributed by atoms with Gasteiger partial charge < -0.3 is 4.74 Å². The number of ether oxygens (including phenoxy) is 1. The van der Waals surface area contributed by atoms with Crippen molar-refractivity contribution in [3.05, 3.63) is 58.7 Å². The number of benzene rings is 2. The van der Waals surface area contributed by atoms with E-state index in [9.17, 15) is 8.42 Å². The first-order valence-corrected chi connectivity index (χ1v) is 8.97. The highest BCUT2D eigenvalue weighted by Crippen LogP contribution is 2.24. The standard InChI is InChI=1S/C18H23NO3S/c1-12-10-14(3)18(11-13(12)2)15(4)19-23(20,21)17-8-6-16(22-5)7-9-17/h6-11,15,19H,1-5H3. The monoisotopic (exact) mass is 333 g/mol. The number of aryl methyl sites for hydroxylation is 3. The summed E-state index contributed by atoms with van der Waals surface area (Å²) in [5.74, 6) is 0.627. The SMILES string of the molecule is COc1ccc(S(=O)(=O)NC(C)c2cc(C)c(C)cc2C)cc1. The minimum atomic E-state index is -3.58. The Labute approximate surface area is 138 Å². The van der Waals surface area contributed by atoms with E-state index in [-0.39, 0.29) is 10.9 Å². The van der Waals surface area contributed by atoms with Crippen molar-refractivity contribution in [3.63, 3.8) is 0 Å². The van der Waals surface area contributed by atoms with Crippen LogP contribution >= 0.6 is 0 Å². The van der Waals surface area contributed by atoms with E-state index < -0.39 is 10.0 Å². The Hall–Kier alpha value is -1.85. The lowest BCUT2D eigenvalue weighted by Crippen LogP contribution is -2.27. The third kappa shape index (κ3) is 3.92. The molecule has 0 aliphatic heterocycles. The lowest BCUT2D eigenvalue weighted by atomic mass is 9.97. The summed E-state index contributed by atoms with van der Waals surface area (Å²) in [6.45, 7) is 7.94. The minimum Gasteiger partial charge on any atom is -0.497 e. The van der Waals surface area contributed by atoms with Gasteiger partial charge in [0.15, 0.2) is 0 Å². The molecule has 0 saturated carbocycles. The molecule has 1 N–H and O–H groups in total. The Bertz CT molecular complexity index is 796. The molecule has 2 aromatic rings. The summed E-state index contributed by atoms with van der Waals surface area (Å²) in [5.41, 5.74) is 4.43. The van der Waals surface area contributed by atoms with E-state index in [2.05, 4.69) is 17.7 Å². The Morgan fingerprint density at radius 3 is 2.09 bits per heavy atom. The fourth-order valence-electron chi connectivity index (χ4n) is 2.57. The van der Waals surface area contributed by atoms with Crippen LogP contribution in [-0.4, -0.2) is 15.5 Å². The molecule has 1 atom stereocenters. The molecule has 0 amide bonds. The lowest BCUT2D eigenvalue weighted by molar-refractivity contribution is 0.414. The van der Waals surface area contributed by atoms with Crippen LogP contribution in [0, 0.1) is 20.8 Å². The molecular formula is C18H23NO3S.